The Kier molecular flexibility index (Phi) is 10.1. The summed E-state index contributed by atoms with van der Waals surface area (Å²) in [6, 6.07) is 19.2. The maximum absolute atomic E-state index is 13.3. The van der Waals surface area contributed by atoms with Crippen molar-refractivity contribution in [3.8, 4) is 16.9 Å². The van der Waals surface area contributed by atoms with E-state index in [0.29, 0.717) is 10.8 Å². The number of rotatable bonds is 12. The number of hydrogen-bond acceptors (Lipinski definition) is 7. The number of carboxylic acids is 1. The Labute approximate surface area is 252 Å². The molecule has 0 saturated carbocycles. The largest absolute Gasteiger partial charge is 0.479 e. The lowest BCUT2D eigenvalue weighted by atomic mass is 9.97. The van der Waals surface area contributed by atoms with Gasteiger partial charge >= 0.3 is 11.9 Å². The summed E-state index contributed by atoms with van der Waals surface area (Å²) in [7, 11) is 0. The van der Waals surface area contributed by atoms with Gasteiger partial charge in [-0.25, -0.2) is 14.5 Å². The van der Waals surface area contributed by atoms with Gasteiger partial charge in [-0.2, -0.15) is 0 Å². The summed E-state index contributed by atoms with van der Waals surface area (Å²) in [5.74, 6) is -2.86. The lowest BCUT2D eigenvalue weighted by Crippen LogP contribution is -2.45. The summed E-state index contributed by atoms with van der Waals surface area (Å²) in [5, 5.41) is 16.0. The average molecular weight is 606 g/mol. The molecular formula is C31H32ClN5O6. The zero-order valence-corrected chi connectivity index (χ0v) is 24.3. The molecule has 12 heteroatoms. The zero-order chi connectivity index (χ0) is 31.1. The lowest BCUT2D eigenvalue weighted by Gasteiger charge is -2.24. The van der Waals surface area contributed by atoms with Crippen LogP contribution in [0.4, 0.5) is 0 Å². The quantitative estimate of drug-likeness (QED) is 0.178. The smallest absolute Gasteiger partial charge is 0.345 e. The molecule has 43 heavy (non-hydrogen) atoms. The second-order valence-electron chi connectivity index (χ2n) is 10.4. The standard InChI is InChI=1S/C31H32ClN5O6/c1-18(2)28(33)31(42)43-25(30(40)41)16-23(14-19-9-11-20(12-10-19)21-6-5-7-22(32)15-21)35-29(39)24-17-27(38)37(36-24)26-8-3-4-13-34-26/h3-13,15,17-18,23,25,28,36H,14,16,33H2,1-2H3,(H,35,39)(H,40,41). The van der Waals surface area contributed by atoms with Gasteiger partial charge in [0.2, 0.25) is 6.10 Å². The minimum atomic E-state index is -1.58. The first kappa shape index (κ1) is 31.2. The fraction of sp³-hybridized carbons (Fsp3) is 0.258. The molecule has 5 N–H and O–H groups in total. The van der Waals surface area contributed by atoms with Gasteiger partial charge in [-0.05, 0) is 53.3 Å². The second-order valence-corrected chi connectivity index (χ2v) is 10.8. The van der Waals surface area contributed by atoms with E-state index in [4.69, 9.17) is 22.1 Å². The number of nitrogens with two attached hydrogens (primary N) is 1. The van der Waals surface area contributed by atoms with Crippen molar-refractivity contribution < 1.29 is 24.2 Å². The highest BCUT2D eigenvalue weighted by molar-refractivity contribution is 6.30. The van der Waals surface area contributed by atoms with Crippen molar-refractivity contribution in [2.45, 2.75) is 44.9 Å². The number of aliphatic carboxylic acids is 1. The number of benzene rings is 2. The fourth-order valence-electron chi connectivity index (χ4n) is 4.36. The number of nitrogens with zero attached hydrogens (tertiary/aromatic N) is 2. The van der Waals surface area contributed by atoms with Crippen molar-refractivity contribution in [3.63, 3.8) is 0 Å². The minimum Gasteiger partial charge on any atom is -0.479 e. The van der Waals surface area contributed by atoms with Crippen LogP contribution in [0.1, 0.15) is 36.3 Å². The monoisotopic (exact) mass is 605 g/mol. The number of carbonyl (C=O) groups excluding carboxylic acids is 2. The normalized spacial score (nSPS) is 13.2. The van der Waals surface area contributed by atoms with Crippen molar-refractivity contribution in [1.29, 1.82) is 0 Å². The summed E-state index contributed by atoms with van der Waals surface area (Å²) in [5.41, 5.74) is 7.93. The molecule has 3 unspecified atom stereocenters. The maximum atomic E-state index is 13.3. The molecule has 0 aliphatic heterocycles. The molecule has 3 atom stereocenters. The van der Waals surface area contributed by atoms with Gasteiger partial charge in [0.15, 0.2) is 5.82 Å². The first-order valence-corrected chi connectivity index (χ1v) is 14.0. The molecular weight excluding hydrogens is 574 g/mol. The molecule has 2 aromatic carbocycles. The van der Waals surface area contributed by atoms with E-state index in [1.807, 2.05) is 42.5 Å². The van der Waals surface area contributed by atoms with E-state index in [1.54, 1.807) is 38.1 Å². The van der Waals surface area contributed by atoms with E-state index in [2.05, 4.69) is 15.4 Å². The first-order valence-electron chi connectivity index (χ1n) is 13.6. The third-order valence-electron chi connectivity index (χ3n) is 6.80. The molecule has 0 radical (unpaired) electrons. The number of hydrogen-bond donors (Lipinski definition) is 4. The molecule has 0 spiro atoms. The predicted molar refractivity (Wildman–Crippen MR) is 161 cm³/mol. The molecule has 0 aliphatic carbocycles. The van der Waals surface area contributed by atoms with Crippen molar-refractivity contribution in [2.75, 3.05) is 0 Å². The van der Waals surface area contributed by atoms with Crippen LogP contribution in [0.2, 0.25) is 5.02 Å². The molecule has 4 aromatic rings. The number of pyridine rings is 1. The van der Waals surface area contributed by atoms with Crippen LogP contribution in [0.25, 0.3) is 16.9 Å². The number of carbonyl (C=O) groups is 3. The Morgan fingerprint density at radius 2 is 1.79 bits per heavy atom. The van der Waals surface area contributed by atoms with E-state index >= 15 is 0 Å². The molecule has 2 heterocycles. The molecule has 1 amide bonds. The number of esters is 1. The van der Waals surface area contributed by atoms with Crippen molar-refractivity contribution >= 4 is 29.4 Å². The summed E-state index contributed by atoms with van der Waals surface area (Å²) >= 11 is 6.13. The van der Waals surface area contributed by atoms with E-state index in [1.165, 1.54) is 6.20 Å². The molecule has 224 valence electrons. The summed E-state index contributed by atoms with van der Waals surface area (Å²) in [6.45, 7) is 3.44. The van der Waals surface area contributed by atoms with Gasteiger partial charge in [-0.15, -0.1) is 0 Å². The molecule has 0 aliphatic rings. The topological polar surface area (TPSA) is 169 Å². The van der Waals surface area contributed by atoms with Crippen LogP contribution in [0.15, 0.2) is 83.8 Å². The first-order chi connectivity index (χ1) is 20.5. The minimum absolute atomic E-state index is 0.0531. The van der Waals surface area contributed by atoms with Crippen LogP contribution in [-0.2, 0) is 20.7 Å². The summed E-state index contributed by atoms with van der Waals surface area (Å²) in [4.78, 5) is 54.6. The van der Waals surface area contributed by atoms with Gasteiger partial charge in [-0.1, -0.05) is 67.9 Å². The van der Waals surface area contributed by atoms with Crippen molar-refractivity contribution in [3.05, 3.63) is 106 Å². The Morgan fingerprint density at radius 3 is 2.42 bits per heavy atom. The number of H-pyrrole nitrogens is 1. The van der Waals surface area contributed by atoms with Crippen LogP contribution in [0.3, 0.4) is 0 Å². The number of halogens is 1. The molecule has 4 rings (SSSR count). The van der Waals surface area contributed by atoms with Gasteiger partial charge in [0.05, 0.1) is 0 Å². The third-order valence-corrected chi connectivity index (χ3v) is 7.03. The number of nitrogens with one attached hydrogen (secondary N) is 2. The van der Waals surface area contributed by atoms with E-state index in [0.717, 1.165) is 27.4 Å². The molecule has 0 fully saturated rings. The number of ether oxygens (including phenoxy) is 1. The van der Waals surface area contributed by atoms with Gasteiger partial charge in [0.1, 0.15) is 11.7 Å². The van der Waals surface area contributed by atoms with E-state index in [-0.39, 0.29) is 24.5 Å². The Bertz CT molecular complexity index is 1630. The molecule has 2 aromatic heterocycles. The highest BCUT2D eigenvalue weighted by Crippen LogP contribution is 2.24. The fourth-order valence-corrected chi connectivity index (χ4v) is 4.55. The summed E-state index contributed by atoms with van der Waals surface area (Å²) in [6.07, 6.45) is -0.122. The van der Waals surface area contributed by atoms with E-state index < -0.39 is 41.6 Å². The van der Waals surface area contributed by atoms with Crippen LogP contribution in [0.5, 0.6) is 0 Å². The number of amides is 1. The van der Waals surface area contributed by atoms with Gasteiger partial charge in [-0.3, -0.25) is 19.5 Å². The van der Waals surface area contributed by atoms with Gasteiger partial charge in [0, 0.05) is 29.7 Å². The summed E-state index contributed by atoms with van der Waals surface area (Å²) < 4.78 is 6.38. The van der Waals surface area contributed by atoms with Crippen LogP contribution < -0.4 is 16.6 Å². The highest BCUT2D eigenvalue weighted by Gasteiger charge is 2.31. The maximum Gasteiger partial charge on any atom is 0.345 e. The number of aromatic nitrogens is 3. The number of carboxylic acid groups (broad SMARTS) is 1. The van der Waals surface area contributed by atoms with Crippen LogP contribution in [-0.4, -0.2) is 55.9 Å². The average Bonchev–Trinajstić information content (AvgIpc) is 3.38. The Balaban J connectivity index is 1.58. The van der Waals surface area contributed by atoms with Gasteiger partial charge in [0.25, 0.3) is 11.5 Å². The third kappa shape index (κ3) is 8.18. The van der Waals surface area contributed by atoms with Crippen LogP contribution >= 0.6 is 11.6 Å². The second kappa shape index (κ2) is 14.0. The van der Waals surface area contributed by atoms with Crippen LogP contribution in [0, 0.1) is 5.92 Å². The SMILES string of the molecule is CC(C)C(N)C(=O)OC(CC(Cc1ccc(-c2cccc(Cl)c2)cc1)NC(=O)c1cc(=O)n(-c2ccccn2)[nH]1)C(=O)O. The van der Waals surface area contributed by atoms with Crippen molar-refractivity contribution in [1.82, 2.24) is 20.1 Å². The number of aromatic amines is 1. The molecule has 0 saturated heterocycles. The highest BCUT2D eigenvalue weighted by atomic mass is 35.5. The van der Waals surface area contributed by atoms with E-state index in [9.17, 15) is 24.3 Å². The molecule has 11 nitrogen and oxygen atoms in total. The Morgan fingerprint density at radius 1 is 1.05 bits per heavy atom. The zero-order valence-electron chi connectivity index (χ0n) is 23.6. The predicted octanol–water partition coefficient (Wildman–Crippen LogP) is 3.59. The van der Waals surface area contributed by atoms with Gasteiger partial charge < -0.3 is 20.9 Å². The van der Waals surface area contributed by atoms with Crippen molar-refractivity contribution in [2.24, 2.45) is 11.7 Å². The molecule has 0 bridgehead atoms. The lowest BCUT2D eigenvalue weighted by molar-refractivity contribution is -0.166. The Hall–Kier alpha value is -4.74.